The minimum absolute atomic E-state index is 0.595. The molecule has 0 aliphatic rings. The molecule has 3 heteroatoms. The summed E-state index contributed by atoms with van der Waals surface area (Å²) < 4.78 is 0. The SMILES string of the molecule is Cc1cc(Sc2ccc(Cl)cc2)ccc1CN. The molecule has 0 fully saturated rings. The topological polar surface area (TPSA) is 26.0 Å². The van der Waals surface area contributed by atoms with Gasteiger partial charge in [0.25, 0.3) is 0 Å². The molecule has 0 atom stereocenters. The van der Waals surface area contributed by atoms with Crippen molar-refractivity contribution in [2.24, 2.45) is 5.73 Å². The number of benzene rings is 2. The predicted molar refractivity (Wildman–Crippen MR) is 74.6 cm³/mol. The summed E-state index contributed by atoms with van der Waals surface area (Å²) in [6.45, 7) is 2.69. The lowest BCUT2D eigenvalue weighted by Crippen LogP contribution is -1.98. The molecule has 0 unspecified atom stereocenters. The smallest absolute Gasteiger partial charge is 0.0406 e. The van der Waals surface area contributed by atoms with Gasteiger partial charge in [0.1, 0.15) is 0 Å². The number of rotatable bonds is 3. The number of nitrogens with two attached hydrogens (primary N) is 1. The maximum Gasteiger partial charge on any atom is 0.0406 e. The van der Waals surface area contributed by atoms with Gasteiger partial charge in [0, 0.05) is 21.4 Å². The van der Waals surface area contributed by atoms with Crippen molar-refractivity contribution in [1.82, 2.24) is 0 Å². The van der Waals surface area contributed by atoms with Gasteiger partial charge in [0.15, 0.2) is 0 Å². The van der Waals surface area contributed by atoms with Crippen LogP contribution in [0, 0.1) is 6.92 Å². The zero-order valence-corrected chi connectivity index (χ0v) is 11.2. The van der Waals surface area contributed by atoms with Gasteiger partial charge in [0.2, 0.25) is 0 Å². The molecule has 2 N–H and O–H groups in total. The second kappa shape index (κ2) is 5.58. The Hall–Kier alpha value is -0.960. The second-order valence-electron chi connectivity index (χ2n) is 3.85. The van der Waals surface area contributed by atoms with Gasteiger partial charge in [-0.05, 0) is 54.4 Å². The zero-order valence-electron chi connectivity index (χ0n) is 9.61. The van der Waals surface area contributed by atoms with E-state index in [4.69, 9.17) is 17.3 Å². The molecule has 0 radical (unpaired) electrons. The van der Waals surface area contributed by atoms with Gasteiger partial charge < -0.3 is 5.73 Å². The van der Waals surface area contributed by atoms with Crippen molar-refractivity contribution in [3.8, 4) is 0 Å². The van der Waals surface area contributed by atoms with Crippen LogP contribution >= 0.6 is 23.4 Å². The fourth-order valence-electron chi connectivity index (χ4n) is 1.60. The molecule has 88 valence electrons. The Balaban J connectivity index is 2.19. The van der Waals surface area contributed by atoms with Crippen molar-refractivity contribution in [3.63, 3.8) is 0 Å². The summed E-state index contributed by atoms with van der Waals surface area (Å²) in [7, 11) is 0. The Morgan fingerprint density at radius 3 is 2.29 bits per heavy atom. The number of hydrogen-bond acceptors (Lipinski definition) is 2. The van der Waals surface area contributed by atoms with Crippen molar-refractivity contribution in [2.45, 2.75) is 23.3 Å². The third-order valence-corrected chi connectivity index (χ3v) is 3.83. The van der Waals surface area contributed by atoms with Gasteiger partial charge in [-0.25, -0.2) is 0 Å². The minimum Gasteiger partial charge on any atom is -0.326 e. The average molecular weight is 264 g/mol. The van der Waals surface area contributed by atoms with Crippen LogP contribution in [0.4, 0.5) is 0 Å². The Kier molecular flexibility index (Phi) is 4.11. The van der Waals surface area contributed by atoms with E-state index in [2.05, 4.69) is 25.1 Å². The summed E-state index contributed by atoms with van der Waals surface area (Å²) in [5, 5.41) is 0.768. The van der Waals surface area contributed by atoms with Gasteiger partial charge in [-0.2, -0.15) is 0 Å². The molecule has 0 spiro atoms. The Morgan fingerprint density at radius 1 is 1.06 bits per heavy atom. The Morgan fingerprint density at radius 2 is 1.71 bits per heavy atom. The molecular formula is C14H14ClNS. The molecule has 2 rings (SSSR count). The molecular weight excluding hydrogens is 250 g/mol. The first-order valence-corrected chi connectivity index (χ1v) is 6.61. The molecule has 0 bridgehead atoms. The fourth-order valence-corrected chi connectivity index (χ4v) is 2.64. The van der Waals surface area contributed by atoms with E-state index in [0.29, 0.717) is 6.54 Å². The highest BCUT2D eigenvalue weighted by molar-refractivity contribution is 7.99. The molecule has 2 aromatic carbocycles. The molecule has 0 saturated carbocycles. The van der Waals surface area contributed by atoms with Crippen LogP contribution in [-0.4, -0.2) is 0 Å². The van der Waals surface area contributed by atoms with E-state index < -0.39 is 0 Å². The lowest BCUT2D eigenvalue weighted by molar-refractivity contribution is 1.04. The van der Waals surface area contributed by atoms with Crippen LogP contribution in [0.5, 0.6) is 0 Å². The first-order chi connectivity index (χ1) is 8.19. The summed E-state index contributed by atoms with van der Waals surface area (Å²) in [6, 6.07) is 14.2. The van der Waals surface area contributed by atoms with Crippen LogP contribution in [0.2, 0.25) is 5.02 Å². The summed E-state index contributed by atoms with van der Waals surface area (Å²) >= 11 is 7.59. The van der Waals surface area contributed by atoms with Crippen molar-refractivity contribution in [3.05, 3.63) is 58.6 Å². The number of halogens is 1. The fraction of sp³-hybridized carbons (Fsp3) is 0.143. The van der Waals surface area contributed by atoms with E-state index in [-0.39, 0.29) is 0 Å². The van der Waals surface area contributed by atoms with Crippen LogP contribution in [0.15, 0.2) is 52.3 Å². The molecule has 0 saturated heterocycles. The van der Waals surface area contributed by atoms with Crippen LogP contribution in [0.25, 0.3) is 0 Å². The van der Waals surface area contributed by atoms with Gasteiger partial charge >= 0.3 is 0 Å². The van der Waals surface area contributed by atoms with E-state index in [9.17, 15) is 0 Å². The highest BCUT2D eigenvalue weighted by Crippen LogP contribution is 2.29. The average Bonchev–Trinajstić information content (AvgIpc) is 2.32. The summed E-state index contributed by atoms with van der Waals surface area (Å²) in [5.41, 5.74) is 8.09. The molecule has 0 aliphatic heterocycles. The van der Waals surface area contributed by atoms with E-state index in [1.165, 1.54) is 20.9 Å². The lowest BCUT2D eigenvalue weighted by Gasteiger charge is -2.06. The lowest BCUT2D eigenvalue weighted by atomic mass is 10.1. The quantitative estimate of drug-likeness (QED) is 0.896. The summed E-state index contributed by atoms with van der Waals surface area (Å²) in [6.07, 6.45) is 0. The first-order valence-electron chi connectivity index (χ1n) is 5.42. The molecule has 2 aromatic rings. The molecule has 17 heavy (non-hydrogen) atoms. The van der Waals surface area contributed by atoms with Crippen molar-refractivity contribution < 1.29 is 0 Å². The third kappa shape index (κ3) is 3.25. The largest absolute Gasteiger partial charge is 0.326 e. The van der Waals surface area contributed by atoms with Crippen molar-refractivity contribution in [1.29, 1.82) is 0 Å². The molecule has 0 amide bonds. The van der Waals surface area contributed by atoms with Gasteiger partial charge in [-0.1, -0.05) is 29.4 Å². The van der Waals surface area contributed by atoms with Gasteiger partial charge in [0.05, 0.1) is 0 Å². The highest BCUT2D eigenvalue weighted by atomic mass is 35.5. The standard InChI is InChI=1S/C14H14ClNS/c1-10-8-14(5-2-11(10)9-16)17-13-6-3-12(15)4-7-13/h2-8H,9,16H2,1H3. The maximum absolute atomic E-state index is 5.86. The van der Waals surface area contributed by atoms with Crippen LogP contribution in [0.1, 0.15) is 11.1 Å². The molecule has 0 aromatic heterocycles. The predicted octanol–water partition coefficient (Wildman–Crippen LogP) is 4.26. The Bertz CT molecular complexity index is 508. The third-order valence-electron chi connectivity index (χ3n) is 2.58. The summed E-state index contributed by atoms with van der Waals surface area (Å²) in [4.78, 5) is 2.41. The first kappa shape index (κ1) is 12.5. The zero-order chi connectivity index (χ0) is 12.3. The van der Waals surface area contributed by atoms with Gasteiger partial charge in [-0.15, -0.1) is 0 Å². The van der Waals surface area contributed by atoms with Crippen LogP contribution in [-0.2, 0) is 6.54 Å². The molecule has 0 aliphatic carbocycles. The van der Waals surface area contributed by atoms with E-state index in [1.807, 2.05) is 24.3 Å². The van der Waals surface area contributed by atoms with Gasteiger partial charge in [-0.3, -0.25) is 0 Å². The maximum atomic E-state index is 5.86. The minimum atomic E-state index is 0.595. The number of hydrogen-bond donors (Lipinski definition) is 1. The summed E-state index contributed by atoms with van der Waals surface area (Å²) in [5.74, 6) is 0. The van der Waals surface area contributed by atoms with Crippen LogP contribution in [0.3, 0.4) is 0 Å². The highest BCUT2D eigenvalue weighted by Gasteiger charge is 2.01. The van der Waals surface area contributed by atoms with Crippen LogP contribution < -0.4 is 5.73 Å². The van der Waals surface area contributed by atoms with E-state index in [1.54, 1.807) is 11.8 Å². The normalized spacial score (nSPS) is 10.5. The molecule has 0 heterocycles. The monoisotopic (exact) mass is 263 g/mol. The molecule has 1 nitrogen and oxygen atoms in total. The van der Waals surface area contributed by atoms with E-state index >= 15 is 0 Å². The van der Waals surface area contributed by atoms with Crippen molar-refractivity contribution >= 4 is 23.4 Å². The van der Waals surface area contributed by atoms with Crippen molar-refractivity contribution in [2.75, 3.05) is 0 Å². The Labute approximate surface area is 111 Å². The number of aryl methyl sites for hydroxylation is 1. The second-order valence-corrected chi connectivity index (χ2v) is 5.43. The van der Waals surface area contributed by atoms with E-state index in [0.717, 1.165) is 5.02 Å².